The van der Waals surface area contributed by atoms with Crippen molar-refractivity contribution in [3.05, 3.63) is 59.9 Å². The number of pyridine rings is 2. The smallest absolute Gasteiger partial charge is 0.242 e. The van der Waals surface area contributed by atoms with E-state index in [1.54, 1.807) is 12.3 Å². The molecule has 2 aliphatic carbocycles. The van der Waals surface area contributed by atoms with E-state index in [9.17, 15) is 13.7 Å². The van der Waals surface area contributed by atoms with Crippen LogP contribution >= 0.6 is 0 Å². The Morgan fingerprint density at radius 1 is 1.23 bits per heavy atom. The van der Waals surface area contributed by atoms with E-state index in [1.807, 2.05) is 42.7 Å². The van der Waals surface area contributed by atoms with E-state index in [2.05, 4.69) is 20.8 Å². The van der Waals surface area contributed by atoms with Gasteiger partial charge in [0.25, 0.3) is 0 Å². The molecule has 5 rings (SSSR count). The number of nitriles is 1. The third-order valence-electron chi connectivity index (χ3n) is 5.52. The minimum absolute atomic E-state index is 0.109. The molecule has 2 aliphatic rings. The van der Waals surface area contributed by atoms with Crippen molar-refractivity contribution in [2.24, 2.45) is 0 Å². The van der Waals surface area contributed by atoms with Crippen LogP contribution in [0.1, 0.15) is 30.9 Å². The Labute approximate surface area is 174 Å². The van der Waals surface area contributed by atoms with Crippen LogP contribution in [-0.4, -0.2) is 28.5 Å². The topological polar surface area (TPSA) is 101 Å². The van der Waals surface area contributed by atoms with E-state index in [4.69, 9.17) is 0 Å². The summed E-state index contributed by atoms with van der Waals surface area (Å²) in [5.41, 5.74) is 4.50. The van der Waals surface area contributed by atoms with Gasteiger partial charge in [0.05, 0.1) is 16.9 Å². The average Bonchev–Trinajstić information content (AvgIpc) is 3.30. The van der Waals surface area contributed by atoms with E-state index < -0.39 is 10.0 Å². The first-order chi connectivity index (χ1) is 14.3. The van der Waals surface area contributed by atoms with Crippen molar-refractivity contribution in [1.82, 2.24) is 19.3 Å². The molecule has 3 heterocycles. The molecule has 8 heteroatoms. The molecular formula is C22H19N5O2S. The van der Waals surface area contributed by atoms with Crippen LogP contribution in [0.25, 0.3) is 28.1 Å². The van der Waals surface area contributed by atoms with Gasteiger partial charge in [-0.15, -0.1) is 0 Å². The van der Waals surface area contributed by atoms with Gasteiger partial charge in [-0.2, -0.15) is 5.26 Å². The molecule has 1 N–H and O–H groups in total. The average molecular weight is 417 g/mol. The minimum Gasteiger partial charge on any atom is -0.305 e. The van der Waals surface area contributed by atoms with Gasteiger partial charge < -0.3 is 4.57 Å². The lowest BCUT2D eigenvalue weighted by molar-refractivity contribution is 0.557. The second-order valence-corrected chi connectivity index (χ2v) is 9.73. The van der Waals surface area contributed by atoms with Crippen molar-refractivity contribution in [3.63, 3.8) is 0 Å². The third-order valence-corrected chi connectivity index (χ3v) is 7.14. The number of nitrogens with one attached hydrogen (secondary N) is 1. The maximum Gasteiger partial charge on any atom is 0.242 e. The summed E-state index contributed by atoms with van der Waals surface area (Å²) in [5.74, 6) is 0. The van der Waals surface area contributed by atoms with Gasteiger partial charge in [0.1, 0.15) is 22.0 Å². The predicted octanol–water partition coefficient (Wildman–Crippen LogP) is 3.52. The standard InChI is InChI=1S/C22H19N5O2S/c1-14-10-19-20(25-12-14)17(11-23)21(27(19)15-4-3-5-15)18-7-6-16(13-24-18)30(28,29)26-22(2)8-9-22/h3-7,10,12-13,26H,8-9H2,1-2H3. The molecule has 3 aromatic heterocycles. The van der Waals surface area contributed by atoms with Crippen molar-refractivity contribution >= 4 is 26.8 Å². The number of aryl methyl sites for hydroxylation is 1. The van der Waals surface area contributed by atoms with E-state index in [0.717, 1.165) is 29.6 Å². The Kier molecular flexibility index (Phi) is 3.97. The molecule has 30 heavy (non-hydrogen) atoms. The third kappa shape index (κ3) is 2.95. The number of aromatic nitrogens is 3. The molecule has 0 aliphatic heterocycles. The van der Waals surface area contributed by atoms with Gasteiger partial charge in [-0.3, -0.25) is 9.97 Å². The Morgan fingerprint density at radius 3 is 2.57 bits per heavy atom. The summed E-state index contributed by atoms with van der Waals surface area (Å²) in [6.45, 7) is 3.84. The zero-order valence-corrected chi connectivity index (χ0v) is 17.4. The molecule has 0 spiro atoms. The molecule has 0 aromatic carbocycles. The lowest BCUT2D eigenvalue weighted by atomic mass is 10.1. The van der Waals surface area contributed by atoms with Crippen molar-refractivity contribution in [2.75, 3.05) is 0 Å². The highest BCUT2D eigenvalue weighted by molar-refractivity contribution is 7.89. The predicted molar refractivity (Wildman–Crippen MR) is 114 cm³/mol. The van der Waals surface area contributed by atoms with Gasteiger partial charge in [-0.1, -0.05) is 6.08 Å². The SMILES string of the molecule is Cc1cnc2c(C#N)c(-c3ccc(S(=O)(=O)NC4(C)CC4)cn3)n(C3=CC=C3)c2c1. The first-order valence-electron chi connectivity index (χ1n) is 9.62. The summed E-state index contributed by atoms with van der Waals surface area (Å²) in [4.78, 5) is 9.01. The van der Waals surface area contributed by atoms with Crippen molar-refractivity contribution in [2.45, 2.75) is 37.1 Å². The van der Waals surface area contributed by atoms with Crippen molar-refractivity contribution in [3.8, 4) is 17.5 Å². The molecule has 0 bridgehead atoms. The van der Waals surface area contributed by atoms with Crippen LogP contribution in [0.5, 0.6) is 0 Å². The fourth-order valence-corrected chi connectivity index (χ4v) is 4.97. The lowest BCUT2D eigenvalue weighted by Gasteiger charge is -2.15. The molecule has 150 valence electrons. The number of fused-ring (bicyclic) bond motifs is 1. The largest absolute Gasteiger partial charge is 0.305 e. The monoisotopic (exact) mass is 417 g/mol. The molecule has 0 amide bonds. The Hall–Kier alpha value is -3.28. The summed E-state index contributed by atoms with van der Waals surface area (Å²) < 4.78 is 29.9. The summed E-state index contributed by atoms with van der Waals surface area (Å²) in [5, 5.41) is 9.88. The Bertz CT molecular complexity index is 1400. The number of hydrogen-bond acceptors (Lipinski definition) is 5. The van der Waals surface area contributed by atoms with Crippen LogP contribution in [0.4, 0.5) is 0 Å². The zero-order chi connectivity index (χ0) is 21.1. The molecule has 0 atom stereocenters. The van der Waals surface area contributed by atoms with Crippen molar-refractivity contribution in [1.29, 1.82) is 5.26 Å². The van der Waals surface area contributed by atoms with Crippen LogP contribution in [0.3, 0.4) is 0 Å². The minimum atomic E-state index is -3.64. The second-order valence-electron chi connectivity index (χ2n) is 8.05. The van der Waals surface area contributed by atoms with Crippen LogP contribution < -0.4 is 4.72 Å². The van der Waals surface area contributed by atoms with Crippen LogP contribution in [0.2, 0.25) is 0 Å². The quantitative estimate of drug-likeness (QED) is 0.684. The molecular weight excluding hydrogens is 398 g/mol. The molecule has 0 unspecified atom stereocenters. The normalized spacial score (nSPS) is 16.8. The Morgan fingerprint density at radius 2 is 2.00 bits per heavy atom. The summed E-state index contributed by atoms with van der Waals surface area (Å²) in [6, 6.07) is 7.42. The molecule has 1 saturated carbocycles. The number of rotatable bonds is 5. The van der Waals surface area contributed by atoms with E-state index in [-0.39, 0.29) is 10.4 Å². The number of allylic oxidation sites excluding steroid dienone is 4. The fourth-order valence-electron chi connectivity index (χ4n) is 3.56. The highest BCUT2D eigenvalue weighted by Crippen LogP contribution is 2.37. The number of nitrogens with zero attached hydrogens (tertiary/aromatic N) is 4. The first-order valence-corrected chi connectivity index (χ1v) is 11.1. The first kappa shape index (κ1) is 18.7. The molecule has 0 saturated heterocycles. The summed E-state index contributed by atoms with van der Waals surface area (Å²) in [7, 11) is -3.64. The lowest BCUT2D eigenvalue weighted by Crippen LogP contribution is -2.34. The van der Waals surface area contributed by atoms with Gasteiger partial charge in [0.15, 0.2) is 0 Å². The highest BCUT2D eigenvalue weighted by atomic mass is 32.2. The number of sulfonamides is 1. The second kappa shape index (κ2) is 6.36. The maximum absolute atomic E-state index is 12.6. The van der Waals surface area contributed by atoms with Gasteiger partial charge in [0.2, 0.25) is 10.0 Å². The van der Waals surface area contributed by atoms with E-state index in [0.29, 0.717) is 22.5 Å². The highest BCUT2D eigenvalue weighted by Gasteiger charge is 2.41. The summed E-state index contributed by atoms with van der Waals surface area (Å²) in [6.07, 6.45) is 10.6. The Balaban J connectivity index is 1.65. The van der Waals surface area contributed by atoms with Gasteiger partial charge in [0, 0.05) is 23.6 Å². The molecule has 3 aromatic rings. The van der Waals surface area contributed by atoms with E-state index in [1.165, 1.54) is 12.3 Å². The summed E-state index contributed by atoms with van der Waals surface area (Å²) >= 11 is 0. The number of hydrogen-bond donors (Lipinski definition) is 1. The van der Waals surface area contributed by atoms with Crippen LogP contribution in [0.15, 0.2) is 53.7 Å². The fraction of sp³-hybridized carbons (Fsp3) is 0.227. The van der Waals surface area contributed by atoms with E-state index >= 15 is 0 Å². The van der Waals surface area contributed by atoms with Gasteiger partial charge >= 0.3 is 0 Å². The van der Waals surface area contributed by atoms with Crippen LogP contribution in [-0.2, 0) is 10.0 Å². The maximum atomic E-state index is 12.6. The van der Waals surface area contributed by atoms with Gasteiger partial charge in [-0.05, 0) is 62.6 Å². The molecule has 0 radical (unpaired) electrons. The van der Waals surface area contributed by atoms with Crippen LogP contribution in [0, 0.1) is 18.3 Å². The molecule has 7 nitrogen and oxygen atoms in total. The van der Waals surface area contributed by atoms with Gasteiger partial charge in [-0.25, -0.2) is 13.1 Å². The molecule has 1 fully saturated rings. The zero-order valence-electron chi connectivity index (χ0n) is 16.5. The van der Waals surface area contributed by atoms with Crippen molar-refractivity contribution < 1.29 is 8.42 Å².